The summed E-state index contributed by atoms with van der Waals surface area (Å²) in [6, 6.07) is 5.57. The maximum absolute atomic E-state index is 9.64. The topological polar surface area (TPSA) is 69.4 Å². The van der Waals surface area contributed by atoms with Gasteiger partial charge in [0.2, 0.25) is 0 Å². The fraction of sp³-hybridized carbons (Fsp3) is 0.385. The first-order valence-electron chi connectivity index (χ1n) is 6.19. The summed E-state index contributed by atoms with van der Waals surface area (Å²) in [6.07, 6.45) is -0.368. The van der Waals surface area contributed by atoms with E-state index in [1.54, 1.807) is 18.9 Å². The average molecular weight is 293 g/mol. The van der Waals surface area contributed by atoms with Crippen molar-refractivity contribution in [1.82, 2.24) is 14.8 Å². The van der Waals surface area contributed by atoms with E-state index in [-0.39, 0.29) is 6.10 Å². The molecule has 7 heteroatoms. The lowest BCUT2D eigenvalue weighted by atomic mass is 10.2. The molecule has 106 valence electrons. The van der Waals surface area contributed by atoms with E-state index >= 15 is 0 Å². The molecular formula is C13H15N3O3S. The Morgan fingerprint density at radius 1 is 1.30 bits per heavy atom. The maximum atomic E-state index is 9.64. The Morgan fingerprint density at radius 2 is 2.10 bits per heavy atom. The second-order valence-electron chi connectivity index (χ2n) is 4.43. The second kappa shape index (κ2) is 5.34. The van der Waals surface area contributed by atoms with Gasteiger partial charge in [0.1, 0.15) is 0 Å². The van der Waals surface area contributed by atoms with E-state index in [2.05, 4.69) is 10.1 Å². The van der Waals surface area contributed by atoms with Gasteiger partial charge in [0, 0.05) is 11.3 Å². The summed E-state index contributed by atoms with van der Waals surface area (Å²) in [5.41, 5.74) is 0.861. The van der Waals surface area contributed by atoms with Crippen LogP contribution < -0.4 is 9.47 Å². The van der Waals surface area contributed by atoms with Gasteiger partial charge in [-0.25, -0.2) is 9.67 Å². The van der Waals surface area contributed by atoms with Crippen LogP contribution in [0.25, 0.3) is 11.4 Å². The summed E-state index contributed by atoms with van der Waals surface area (Å²) in [5.74, 6) is 2.60. The zero-order chi connectivity index (χ0) is 14.1. The molecule has 1 N–H and O–H groups in total. The van der Waals surface area contributed by atoms with Gasteiger partial charge >= 0.3 is 0 Å². The van der Waals surface area contributed by atoms with Crippen LogP contribution in [0.2, 0.25) is 0 Å². The molecule has 20 heavy (non-hydrogen) atoms. The smallest absolute Gasteiger partial charge is 0.186 e. The van der Waals surface area contributed by atoms with Crippen LogP contribution in [-0.4, -0.2) is 45.9 Å². The number of nitrogens with zero attached hydrogens (tertiary/aromatic N) is 3. The van der Waals surface area contributed by atoms with Gasteiger partial charge in [0.25, 0.3) is 0 Å². The van der Waals surface area contributed by atoms with Gasteiger partial charge in [-0.1, -0.05) is 11.8 Å². The van der Waals surface area contributed by atoms with E-state index in [9.17, 15) is 5.11 Å². The quantitative estimate of drug-likeness (QED) is 0.923. The molecule has 0 bridgehead atoms. The molecule has 0 saturated carbocycles. The van der Waals surface area contributed by atoms with Crippen LogP contribution in [0.3, 0.4) is 0 Å². The fourth-order valence-electron chi connectivity index (χ4n) is 2.07. The molecule has 1 aliphatic heterocycles. The Bertz CT molecular complexity index is 629. The van der Waals surface area contributed by atoms with Crippen molar-refractivity contribution in [2.75, 3.05) is 20.0 Å². The van der Waals surface area contributed by atoms with Crippen LogP contribution in [-0.2, 0) is 6.54 Å². The number of rotatable bonds is 3. The van der Waals surface area contributed by atoms with E-state index in [0.717, 1.165) is 10.7 Å². The van der Waals surface area contributed by atoms with Crippen LogP contribution in [0, 0.1) is 0 Å². The van der Waals surface area contributed by atoms with E-state index in [1.807, 2.05) is 18.2 Å². The van der Waals surface area contributed by atoms with E-state index in [1.165, 1.54) is 11.8 Å². The largest absolute Gasteiger partial charge is 0.493 e. The normalized spacial score (nSPS) is 17.6. The maximum Gasteiger partial charge on any atom is 0.186 e. The molecule has 0 amide bonds. The molecule has 2 heterocycles. The minimum absolute atomic E-state index is 0.368. The van der Waals surface area contributed by atoms with Crippen molar-refractivity contribution in [3.05, 3.63) is 18.2 Å². The Morgan fingerprint density at radius 3 is 2.85 bits per heavy atom. The van der Waals surface area contributed by atoms with Gasteiger partial charge in [-0.15, -0.1) is 5.10 Å². The van der Waals surface area contributed by atoms with Gasteiger partial charge in [-0.3, -0.25) is 0 Å². The Hall–Kier alpha value is -1.73. The molecule has 0 fully saturated rings. The lowest BCUT2D eigenvalue weighted by molar-refractivity contribution is 0.164. The van der Waals surface area contributed by atoms with Gasteiger partial charge in [-0.2, -0.15) is 0 Å². The molecule has 2 aromatic rings. The number of ether oxygens (including phenoxy) is 2. The number of aliphatic hydroxyl groups excluding tert-OH is 1. The van der Waals surface area contributed by atoms with Crippen LogP contribution >= 0.6 is 11.8 Å². The number of methoxy groups -OCH3 is 2. The summed E-state index contributed by atoms with van der Waals surface area (Å²) in [4.78, 5) is 4.49. The summed E-state index contributed by atoms with van der Waals surface area (Å²) < 4.78 is 12.2. The van der Waals surface area contributed by atoms with Gasteiger partial charge in [0.15, 0.2) is 22.5 Å². The van der Waals surface area contributed by atoms with Crippen molar-refractivity contribution in [3.8, 4) is 22.9 Å². The molecule has 6 nitrogen and oxygen atoms in total. The lowest BCUT2D eigenvalue weighted by Gasteiger charge is -2.16. The molecule has 0 unspecified atom stereocenters. The third-order valence-corrected chi connectivity index (χ3v) is 4.18. The van der Waals surface area contributed by atoms with Crippen LogP contribution in [0.1, 0.15) is 0 Å². The summed E-state index contributed by atoms with van der Waals surface area (Å²) in [5, 5.41) is 14.9. The highest BCUT2D eigenvalue weighted by Crippen LogP contribution is 2.32. The Labute approximate surface area is 120 Å². The van der Waals surface area contributed by atoms with E-state index in [0.29, 0.717) is 29.6 Å². The summed E-state index contributed by atoms with van der Waals surface area (Å²) in [6.45, 7) is 0.489. The number of fused-ring (bicyclic) bond motifs is 1. The van der Waals surface area contributed by atoms with Crippen molar-refractivity contribution in [2.45, 2.75) is 17.8 Å². The predicted octanol–water partition coefficient (Wildman–Crippen LogP) is 1.43. The number of aliphatic hydroxyl groups is 1. The highest BCUT2D eigenvalue weighted by Gasteiger charge is 2.21. The van der Waals surface area contributed by atoms with Crippen molar-refractivity contribution in [1.29, 1.82) is 0 Å². The van der Waals surface area contributed by atoms with Crippen molar-refractivity contribution < 1.29 is 14.6 Å². The standard InChI is InChI=1S/C13H15N3O3S/c1-18-10-4-3-8(5-11(10)19-2)12-14-13-16(15-12)6-9(17)7-20-13/h3-5,9,17H,6-7H2,1-2H3/t9-/m0/s1. The van der Waals surface area contributed by atoms with Crippen molar-refractivity contribution >= 4 is 11.8 Å². The van der Waals surface area contributed by atoms with Crippen LogP contribution in [0.4, 0.5) is 0 Å². The van der Waals surface area contributed by atoms with Gasteiger partial charge in [-0.05, 0) is 18.2 Å². The number of hydrogen-bond acceptors (Lipinski definition) is 6. The number of thioether (sulfide) groups is 1. The third-order valence-electron chi connectivity index (χ3n) is 3.07. The average Bonchev–Trinajstić information content (AvgIpc) is 2.89. The molecule has 1 aromatic carbocycles. The summed E-state index contributed by atoms with van der Waals surface area (Å²) in [7, 11) is 3.20. The predicted molar refractivity (Wildman–Crippen MR) is 75.3 cm³/mol. The highest BCUT2D eigenvalue weighted by atomic mass is 32.2. The first-order valence-corrected chi connectivity index (χ1v) is 7.18. The third kappa shape index (κ3) is 2.34. The first-order chi connectivity index (χ1) is 9.71. The minimum Gasteiger partial charge on any atom is -0.493 e. The zero-order valence-electron chi connectivity index (χ0n) is 11.2. The zero-order valence-corrected chi connectivity index (χ0v) is 12.1. The second-order valence-corrected chi connectivity index (χ2v) is 5.42. The molecular weight excluding hydrogens is 278 g/mol. The molecule has 0 radical (unpaired) electrons. The number of aromatic nitrogens is 3. The molecule has 0 aliphatic carbocycles. The van der Waals surface area contributed by atoms with Crippen molar-refractivity contribution in [3.63, 3.8) is 0 Å². The monoisotopic (exact) mass is 293 g/mol. The highest BCUT2D eigenvalue weighted by molar-refractivity contribution is 7.99. The molecule has 1 aromatic heterocycles. The van der Waals surface area contributed by atoms with Gasteiger partial charge in [0.05, 0.1) is 26.9 Å². The fourth-order valence-corrected chi connectivity index (χ4v) is 2.94. The molecule has 3 rings (SSSR count). The molecule has 0 saturated heterocycles. The van der Waals surface area contributed by atoms with E-state index < -0.39 is 0 Å². The Kier molecular flexibility index (Phi) is 3.54. The van der Waals surface area contributed by atoms with Crippen molar-refractivity contribution in [2.24, 2.45) is 0 Å². The minimum atomic E-state index is -0.368. The molecule has 0 spiro atoms. The number of hydrogen-bond donors (Lipinski definition) is 1. The van der Waals surface area contributed by atoms with Crippen LogP contribution in [0.15, 0.2) is 23.4 Å². The lowest BCUT2D eigenvalue weighted by Crippen LogP contribution is -2.24. The SMILES string of the molecule is COc1ccc(-c2nc3n(n2)C[C@H](O)CS3)cc1OC. The first kappa shape index (κ1) is 13.3. The van der Waals surface area contributed by atoms with Gasteiger partial charge < -0.3 is 14.6 Å². The van der Waals surface area contributed by atoms with Crippen LogP contribution in [0.5, 0.6) is 11.5 Å². The Balaban J connectivity index is 1.97. The molecule has 1 aliphatic rings. The molecule has 1 atom stereocenters. The number of benzene rings is 1. The summed E-state index contributed by atoms with van der Waals surface area (Å²) >= 11 is 1.51. The van der Waals surface area contributed by atoms with E-state index in [4.69, 9.17) is 9.47 Å².